The monoisotopic (exact) mass is 192 g/mol. The molecule has 2 rings (SSSR count). The number of para-hydroxylation sites is 1. The Hall–Kier alpha value is -1.71. The number of aliphatic imine (C=N–C) groups is 1. The van der Waals surface area contributed by atoms with Crippen molar-refractivity contribution in [1.82, 2.24) is 0 Å². The van der Waals surface area contributed by atoms with Crippen LogP contribution in [0.3, 0.4) is 0 Å². The molecule has 0 fully saturated rings. The zero-order valence-electron chi connectivity index (χ0n) is 7.72. The normalized spacial score (nSPS) is 20.0. The van der Waals surface area contributed by atoms with Gasteiger partial charge in [-0.3, -0.25) is 0 Å². The van der Waals surface area contributed by atoms with Crippen LogP contribution in [0, 0.1) is 0 Å². The molecular formula is C10H12N2O2. The van der Waals surface area contributed by atoms with E-state index in [1.54, 1.807) is 0 Å². The van der Waals surface area contributed by atoms with Crippen LogP contribution in [0.5, 0.6) is 5.75 Å². The second-order valence-electron chi connectivity index (χ2n) is 3.06. The molecule has 4 nitrogen and oxygen atoms in total. The standard InChI is InChI=1S/C10H12N2O2/c11-10-12-8(7-14-10)6-13-9-4-2-1-3-5-9/h1-5,8H,6-7H2,(H2,11,12)/t8-/m1/s1. The molecule has 0 amide bonds. The molecule has 0 spiro atoms. The third-order valence-corrected chi connectivity index (χ3v) is 1.92. The van der Waals surface area contributed by atoms with Gasteiger partial charge in [-0.1, -0.05) is 18.2 Å². The van der Waals surface area contributed by atoms with Gasteiger partial charge in [-0.05, 0) is 12.1 Å². The van der Waals surface area contributed by atoms with Crippen molar-refractivity contribution in [3.63, 3.8) is 0 Å². The molecule has 0 saturated carbocycles. The van der Waals surface area contributed by atoms with Gasteiger partial charge in [-0.2, -0.15) is 0 Å². The van der Waals surface area contributed by atoms with E-state index in [9.17, 15) is 0 Å². The Kier molecular flexibility index (Phi) is 2.53. The molecule has 1 heterocycles. The first kappa shape index (κ1) is 8.87. The molecule has 0 radical (unpaired) electrons. The summed E-state index contributed by atoms with van der Waals surface area (Å²) in [5.41, 5.74) is 5.37. The summed E-state index contributed by atoms with van der Waals surface area (Å²) in [5, 5.41) is 0. The van der Waals surface area contributed by atoms with Crippen LogP contribution >= 0.6 is 0 Å². The average Bonchev–Trinajstić information content (AvgIpc) is 2.63. The maximum atomic E-state index is 5.50. The van der Waals surface area contributed by atoms with Crippen LogP contribution in [0.25, 0.3) is 0 Å². The Morgan fingerprint density at radius 2 is 2.21 bits per heavy atom. The highest BCUT2D eigenvalue weighted by Crippen LogP contribution is 2.10. The Morgan fingerprint density at radius 3 is 2.86 bits per heavy atom. The predicted molar refractivity (Wildman–Crippen MR) is 53.3 cm³/mol. The van der Waals surface area contributed by atoms with E-state index in [2.05, 4.69) is 4.99 Å². The van der Waals surface area contributed by atoms with Gasteiger partial charge < -0.3 is 15.2 Å². The largest absolute Gasteiger partial charge is 0.491 e. The Labute approximate surface area is 82.3 Å². The molecular weight excluding hydrogens is 180 g/mol. The van der Waals surface area contributed by atoms with E-state index in [1.807, 2.05) is 30.3 Å². The summed E-state index contributed by atoms with van der Waals surface area (Å²) in [5.74, 6) is 0.841. The van der Waals surface area contributed by atoms with E-state index in [1.165, 1.54) is 0 Å². The van der Waals surface area contributed by atoms with Crippen molar-refractivity contribution in [2.45, 2.75) is 6.04 Å². The number of nitrogens with two attached hydrogens (primary N) is 1. The van der Waals surface area contributed by atoms with Crippen LogP contribution in [0.1, 0.15) is 0 Å². The lowest BCUT2D eigenvalue weighted by Crippen LogP contribution is -2.16. The second kappa shape index (κ2) is 4.00. The molecule has 74 valence electrons. The van der Waals surface area contributed by atoms with Gasteiger partial charge in [0.05, 0.1) is 0 Å². The van der Waals surface area contributed by atoms with Crippen molar-refractivity contribution in [3.8, 4) is 5.75 Å². The van der Waals surface area contributed by atoms with Gasteiger partial charge in [-0.25, -0.2) is 4.99 Å². The topological polar surface area (TPSA) is 56.8 Å². The summed E-state index contributed by atoms with van der Waals surface area (Å²) < 4.78 is 10.5. The molecule has 0 bridgehead atoms. The molecule has 1 atom stereocenters. The summed E-state index contributed by atoms with van der Waals surface area (Å²) in [6, 6.07) is 9.89. The Morgan fingerprint density at radius 1 is 1.43 bits per heavy atom. The molecule has 0 aliphatic carbocycles. The van der Waals surface area contributed by atoms with Crippen LogP contribution in [0.2, 0.25) is 0 Å². The number of amidine groups is 1. The fraction of sp³-hybridized carbons (Fsp3) is 0.300. The van der Waals surface area contributed by atoms with Crippen LogP contribution in [0.15, 0.2) is 35.3 Å². The van der Waals surface area contributed by atoms with E-state index < -0.39 is 0 Å². The van der Waals surface area contributed by atoms with Gasteiger partial charge in [-0.15, -0.1) is 0 Å². The van der Waals surface area contributed by atoms with Crippen molar-refractivity contribution in [3.05, 3.63) is 30.3 Å². The van der Waals surface area contributed by atoms with Gasteiger partial charge in [0.1, 0.15) is 25.0 Å². The van der Waals surface area contributed by atoms with Crippen molar-refractivity contribution < 1.29 is 9.47 Å². The number of hydrogen-bond acceptors (Lipinski definition) is 4. The van der Waals surface area contributed by atoms with Crippen molar-refractivity contribution in [1.29, 1.82) is 0 Å². The highest BCUT2D eigenvalue weighted by molar-refractivity contribution is 5.73. The highest BCUT2D eigenvalue weighted by Gasteiger charge is 2.16. The van der Waals surface area contributed by atoms with E-state index >= 15 is 0 Å². The SMILES string of the molecule is NC1=N[C@H](COc2ccccc2)CO1. The molecule has 0 aromatic heterocycles. The summed E-state index contributed by atoms with van der Waals surface area (Å²) in [7, 11) is 0. The lowest BCUT2D eigenvalue weighted by atomic mass is 10.3. The van der Waals surface area contributed by atoms with Crippen LogP contribution < -0.4 is 10.5 Å². The minimum atomic E-state index is 0.0233. The van der Waals surface area contributed by atoms with Gasteiger partial charge in [0.2, 0.25) is 0 Å². The van der Waals surface area contributed by atoms with Gasteiger partial charge in [0.15, 0.2) is 0 Å². The fourth-order valence-electron chi connectivity index (χ4n) is 1.23. The van der Waals surface area contributed by atoms with E-state index in [0.29, 0.717) is 13.2 Å². The summed E-state index contributed by atoms with van der Waals surface area (Å²) in [6.07, 6.45) is 0. The van der Waals surface area contributed by atoms with Crippen LogP contribution in [-0.4, -0.2) is 25.3 Å². The van der Waals surface area contributed by atoms with Crippen molar-refractivity contribution in [2.75, 3.05) is 13.2 Å². The lowest BCUT2D eigenvalue weighted by Gasteiger charge is -2.07. The molecule has 2 N–H and O–H groups in total. The lowest BCUT2D eigenvalue weighted by molar-refractivity contribution is 0.241. The molecule has 1 aliphatic rings. The number of rotatable bonds is 3. The molecule has 1 aromatic carbocycles. The smallest absolute Gasteiger partial charge is 0.282 e. The maximum Gasteiger partial charge on any atom is 0.282 e. The summed E-state index contributed by atoms with van der Waals surface area (Å²) >= 11 is 0. The Bertz CT molecular complexity index is 324. The zero-order chi connectivity index (χ0) is 9.80. The molecule has 1 aliphatic heterocycles. The molecule has 4 heteroatoms. The predicted octanol–water partition coefficient (Wildman–Crippen LogP) is 0.779. The van der Waals surface area contributed by atoms with Gasteiger partial charge in [0.25, 0.3) is 6.02 Å². The number of benzene rings is 1. The first-order valence-electron chi connectivity index (χ1n) is 4.48. The van der Waals surface area contributed by atoms with E-state index in [4.69, 9.17) is 15.2 Å². The van der Waals surface area contributed by atoms with E-state index in [0.717, 1.165) is 5.75 Å². The molecule has 1 aromatic rings. The average molecular weight is 192 g/mol. The quantitative estimate of drug-likeness (QED) is 0.769. The second-order valence-corrected chi connectivity index (χ2v) is 3.06. The third-order valence-electron chi connectivity index (χ3n) is 1.92. The molecule has 0 unspecified atom stereocenters. The van der Waals surface area contributed by atoms with Crippen molar-refractivity contribution >= 4 is 6.02 Å². The van der Waals surface area contributed by atoms with Gasteiger partial charge in [0, 0.05) is 0 Å². The van der Waals surface area contributed by atoms with Crippen molar-refractivity contribution in [2.24, 2.45) is 10.7 Å². The first-order valence-corrected chi connectivity index (χ1v) is 4.48. The summed E-state index contributed by atoms with van der Waals surface area (Å²) in [6.45, 7) is 1.02. The van der Waals surface area contributed by atoms with Crippen LogP contribution in [-0.2, 0) is 4.74 Å². The Balaban J connectivity index is 1.84. The molecule has 0 saturated heterocycles. The first-order chi connectivity index (χ1) is 6.84. The van der Waals surface area contributed by atoms with Crippen LogP contribution in [0.4, 0.5) is 0 Å². The highest BCUT2D eigenvalue weighted by atomic mass is 16.5. The zero-order valence-corrected chi connectivity index (χ0v) is 7.72. The fourth-order valence-corrected chi connectivity index (χ4v) is 1.23. The molecule has 14 heavy (non-hydrogen) atoms. The minimum absolute atomic E-state index is 0.0233. The van der Waals surface area contributed by atoms with Gasteiger partial charge >= 0.3 is 0 Å². The van der Waals surface area contributed by atoms with E-state index in [-0.39, 0.29) is 12.1 Å². The summed E-state index contributed by atoms with van der Waals surface area (Å²) in [4.78, 5) is 4.05. The third kappa shape index (κ3) is 2.16. The number of ether oxygens (including phenoxy) is 2. The number of nitrogens with zero attached hydrogens (tertiary/aromatic N) is 1. The minimum Gasteiger partial charge on any atom is -0.491 e. The maximum absolute atomic E-state index is 5.50. The number of hydrogen-bond donors (Lipinski definition) is 1.